The van der Waals surface area contributed by atoms with E-state index in [0.717, 1.165) is 48.3 Å². The van der Waals surface area contributed by atoms with Crippen molar-refractivity contribution in [3.05, 3.63) is 80.5 Å². The molecule has 0 radical (unpaired) electrons. The molecule has 1 fully saturated rings. The molecular weight excluding hydrogens is 440 g/mol. The van der Waals surface area contributed by atoms with Crippen molar-refractivity contribution >= 4 is 22.6 Å². The summed E-state index contributed by atoms with van der Waals surface area (Å²) in [5.74, 6) is 1.24. The van der Waals surface area contributed by atoms with Crippen LogP contribution in [0.5, 0.6) is 0 Å². The van der Waals surface area contributed by atoms with Gasteiger partial charge in [-0.05, 0) is 37.1 Å². The molecule has 1 aliphatic heterocycles. The van der Waals surface area contributed by atoms with Crippen molar-refractivity contribution in [1.29, 1.82) is 0 Å². The zero-order chi connectivity index (χ0) is 22.9. The van der Waals surface area contributed by atoms with Crippen molar-refractivity contribution in [1.82, 2.24) is 19.9 Å². The molecule has 170 valence electrons. The van der Waals surface area contributed by atoms with Crippen LogP contribution >= 0.6 is 11.6 Å². The standard InChI is InChI=1S/C25H25ClN4O3/c1-16-3-5-18(6-4-16)25-27-23(33-28-25)15-30-9-7-29(8-10-30)14-19-12-24(31)32-22-11-17(2)21(26)13-20(19)22/h3-6,11-13H,7-10,14-15H2,1-2H3. The van der Waals surface area contributed by atoms with Crippen molar-refractivity contribution in [2.24, 2.45) is 0 Å². The maximum absolute atomic E-state index is 12.1. The van der Waals surface area contributed by atoms with Gasteiger partial charge in [-0.1, -0.05) is 46.6 Å². The molecule has 33 heavy (non-hydrogen) atoms. The summed E-state index contributed by atoms with van der Waals surface area (Å²) in [6.07, 6.45) is 0. The van der Waals surface area contributed by atoms with Crippen LogP contribution in [-0.2, 0) is 13.1 Å². The van der Waals surface area contributed by atoms with E-state index in [-0.39, 0.29) is 5.63 Å². The predicted molar refractivity (Wildman–Crippen MR) is 127 cm³/mol. The molecule has 0 N–H and O–H groups in total. The number of halogens is 1. The SMILES string of the molecule is Cc1ccc(-c2noc(CN3CCN(Cc4cc(=O)oc5cc(C)c(Cl)cc45)CC3)n2)cc1. The molecule has 0 atom stereocenters. The lowest BCUT2D eigenvalue weighted by molar-refractivity contribution is 0.112. The Balaban J connectivity index is 1.22. The molecule has 1 saturated heterocycles. The summed E-state index contributed by atoms with van der Waals surface area (Å²) in [7, 11) is 0. The lowest BCUT2D eigenvalue weighted by atomic mass is 10.1. The number of piperazine rings is 1. The van der Waals surface area contributed by atoms with E-state index in [2.05, 4.69) is 26.9 Å². The van der Waals surface area contributed by atoms with Crippen molar-refractivity contribution in [3.63, 3.8) is 0 Å². The number of hydrogen-bond acceptors (Lipinski definition) is 7. The zero-order valence-corrected chi connectivity index (χ0v) is 19.4. The lowest BCUT2D eigenvalue weighted by Gasteiger charge is -2.34. The van der Waals surface area contributed by atoms with Crippen molar-refractivity contribution < 1.29 is 8.94 Å². The Morgan fingerprint density at radius 3 is 2.39 bits per heavy atom. The number of hydrogen-bond donors (Lipinski definition) is 0. The molecule has 3 heterocycles. The monoisotopic (exact) mass is 464 g/mol. The molecule has 0 aliphatic carbocycles. The molecule has 0 spiro atoms. The number of rotatable bonds is 5. The van der Waals surface area contributed by atoms with Crippen LogP contribution in [0.25, 0.3) is 22.4 Å². The Bertz CT molecular complexity index is 1340. The second-order valence-corrected chi connectivity index (χ2v) is 9.03. The van der Waals surface area contributed by atoms with E-state index in [1.54, 1.807) is 6.07 Å². The summed E-state index contributed by atoms with van der Waals surface area (Å²) in [4.78, 5) is 21.3. The second kappa shape index (κ2) is 9.09. The van der Waals surface area contributed by atoms with Crippen LogP contribution in [0.15, 0.2) is 56.2 Å². The minimum absolute atomic E-state index is 0.335. The van der Waals surface area contributed by atoms with Gasteiger partial charge in [0.05, 0.1) is 6.54 Å². The first-order valence-corrected chi connectivity index (χ1v) is 11.4. The fourth-order valence-corrected chi connectivity index (χ4v) is 4.32. The van der Waals surface area contributed by atoms with Crippen LogP contribution in [0.1, 0.15) is 22.6 Å². The molecule has 1 aliphatic rings. The summed E-state index contributed by atoms with van der Waals surface area (Å²) in [5.41, 5.74) is 4.23. The Kier molecular flexibility index (Phi) is 6.01. The van der Waals surface area contributed by atoms with Crippen LogP contribution < -0.4 is 5.63 Å². The first-order valence-electron chi connectivity index (χ1n) is 11.0. The molecule has 4 aromatic rings. The van der Waals surface area contributed by atoms with Crippen molar-refractivity contribution in [2.75, 3.05) is 26.2 Å². The quantitative estimate of drug-likeness (QED) is 0.404. The van der Waals surface area contributed by atoms with Gasteiger partial charge in [0.25, 0.3) is 0 Å². The smallest absolute Gasteiger partial charge is 0.336 e. The topological polar surface area (TPSA) is 75.6 Å². The summed E-state index contributed by atoms with van der Waals surface area (Å²) < 4.78 is 10.9. The molecular formula is C25H25ClN4O3. The average molecular weight is 465 g/mol. The van der Waals surface area contributed by atoms with Crippen molar-refractivity contribution in [3.8, 4) is 11.4 Å². The van der Waals surface area contributed by atoms with E-state index in [0.29, 0.717) is 35.4 Å². The Hall–Kier alpha value is -3.00. The maximum Gasteiger partial charge on any atom is 0.336 e. The number of aromatic nitrogens is 2. The van der Waals surface area contributed by atoms with Crippen LogP contribution in [0.3, 0.4) is 0 Å². The van der Waals surface area contributed by atoms with E-state index < -0.39 is 0 Å². The van der Waals surface area contributed by atoms with Gasteiger partial charge in [-0.3, -0.25) is 9.80 Å². The minimum atomic E-state index is -0.335. The third kappa shape index (κ3) is 4.85. The van der Waals surface area contributed by atoms with E-state index in [1.807, 2.05) is 43.3 Å². The number of fused-ring (bicyclic) bond motifs is 1. The van der Waals surface area contributed by atoms with Gasteiger partial charge in [-0.15, -0.1) is 0 Å². The normalized spacial score (nSPS) is 15.4. The van der Waals surface area contributed by atoms with Gasteiger partial charge in [0.15, 0.2) is 0 Å². The second-order valence-electron chi connectivity index (χ2n) is 8.62. The summed E-state index contributed by atoms with van der Waals surface area (Å²) in [6.45, 7) is 8.76. The maximum atomic E-state index is 12.1. The Morgan fingerprint density at radius 2 is 1.67 bits per heavy atom. The summed E-state index contributed by atoms with van der Waals surface area (Å²) in [5, 5.41) is 5.69. The largest absolute Gasteiger partial charge is 0.423 e. The molecule has 8 heteroatoms. The van der Waals surface area contributed by atoms with Gasteiger partial charge >= 0.3 is 5.63 Å². The van der Waals surface area contributed by atoms with Gasteiger partial charge < -0.3 is 8.94 Å². The molecule has 7 nitrogen and oxygen atoms in total. The highest BCUT2D eigenvalue weighted by atomic mass is 35.5. The lowest BCUT2D eigenvalue weighted by Crippen LogP contribution is -2.45. The number of nitrogens with zero attached hydrogens (tertiary/aromatic N) is 4. The summed E-state index contributed by atoms with van der Waals surface area (Å²) >= 11 is 6.33. The summed E-state index contributed by atoms with van der Waals surface area (Å²) in [6, 6.07) is 13.4. The van der Waals surface area contributed by atoms with Gasteiger partial charge in [-0.2, -0.15) is 4.98 Å². The molecule has 0 unspecified atom stereocenters. The van der Waals surface area contributed by atoms with E-state index in [1.165, 1.54) is 5.56 Å². The number of aryl methyl sites for hydroxylation is 2. The first kappa shape index (κ1) is 21.8. The fourth-order valence-electron chi connectivity index (χ4n) is 4.16. The number of benzene rings is 2. The highest BCUT2D eigenvalue weighted by Crippen LogP contribution is 2.26. The van der Waals surface area contributed by atoms with Crippen LogP contribution in [-0.4, -0.2) is 46.1 Å². The van der Waals surface area contributed by atoms with E-state index in [9.17, 15) is 4.79 Å². The Labute approximate surface area is 196 Å². The fraction of sp³-hybridized carbons (Fsp3) is 0.320. The van der Waals surface area contributed by atoms with Crippen LogP contribution in [0.4, 0.5) is 0 Å². The molecule has 2 aromatic carbocycles. The molecule has 0 saturated carbocycles. The third-order valence-electron chi connectivity index (χ3n) is 6.11. The highest BCUT2D eigenvalue weighted by molar-refractivity contribution is 6.32. The Morgan fingerprint density at radius 1 is 0.970 bits per heavy atom. The molecule has 5 rings (SSSR count). The van der Waals surface area contributed by atoms with Crippen LogP contribution in [0.2, 0.25) is 5.02 Å². The molecule has 2 aromatic heterocycles. The predicted octanol–water partition coefficient (Wildman–Crippen LogP) is 4.43. The first-order chi connectivity index (χ1) is 15.9. The van der Waals surface area contributed by atoms with E-state index in [4.69, 9.17) is 20.5 Å². The molecule has 0 bridgehead atoms. The van der Waals surface area contributed by atoms with Crippen molar-refractivity contribution in [2.45, 2.75) is 26.9 Å². The zero-order valence-electron chi connectivity index (χ0n) is 18.7. The van der Waals surface area contributed by atoms with Crippen LogP contribution in [0, 0.1) is 13.8 Å². The van der Waals surface area contributed by atoms with Gasteiger partial charge in [0.2, 0.25) is 11.7 Å². The molecule has 0 amide bonds. The minimum Gasteiger partial charge on any atom is -0.423 e. The van der Waals surface area contributed by atoms with Gasteiger partial charge in [-0.25, -0.2) is 4.79 Å². The van der Waals surface area contributed by atoms with Gasteiger partial charge in [0.1, 0.15) is 5.58 Å². The average Bonchev–Trinajstić information content (AvgIpc) is 3.25. The van der Waals surface area contributed by atoms with Gasteiger partial charge in [0, 0.05) is 54.8 Å². The third-order valence-corrected chi connectivity index (χ3v) is 6.51. The highest BCUT2D eigenvalue weighted by Gasteiger charge is 2.21. The van der Waals surface area contributed by atoms with E-state index >= 15 is 0 Å².